The van der Waals surface area contributed by atoms with Gasteiger partial charge < -0.3 is 10.4 Å². The number of nitrogens with zero attached hydrogens (tertiary/aromatic N) is 1. The summed E-state index contributed by atoms with van der Waals surface area (Å²) in [4.78, 5) is 34.7. The van der Waals surface area contributed by atoms with E-state index in [1.54, 1.807) is 0 Å². The number of rotatable bonds is 3. The molecule has 1 saturated carbocycles. The smallest absolute Gasteiger partial charge is 0.324 e. The van der Waals surface area contributed by atoms with Gasteiger partial charge in [-0.25, -0.2) is 4.79 Å². The van der Waals surface area contributed by atoms with Gasteiger partial charge in [-0.1, -0.05) is 0 Å². The second-order valence-electron chi connectivity index (χ2n) is 4.72. The van der Waals surface area contributed by atoms with Crippen molar-refractivity contribution in [2.75, 3.05) is 13.1 Å². The maximum absolute atomic E-state index is 11.4. The van der Waals surface area contributed by atoms with Crippen LogP contribution in [0.3, 0.4) is 0 Å². The van der Waals surface area contributed by atoms with Gasteiger partial charge in [0.05, 0.1) is 12.5 Å². The molecule has 0 aromatic rings. The van der Waals surface area contributed by atoms with E-state index < -0.39 is 5.97 Å². The van der Waals surface area contributed by atoms with Crippen LogP contribution in [0.15, 0.2) is 0 Å². The van der Waals surface area contributed by atoms with Crippen molar-refractivity contribution in [1.82, 2.24) is 10.2 Å². The van der Waals surface area contributed by atoms with E-state index in [1.165, 1.54) is 4.90 Å². The number of amides is 3. The van der Waals surface area contributed by atoms with Gasteiger partial charge in [0.2, 0.25) is 5.91 Å². The second-order valence-corrected chi connectivity index (χ2v) is 4.72. The highest BCUT2D eigenvalue weighted by atomic mass is 16.4. The number of hydrogen-bond acceptors (Lipinski definition) is 3. The first-order valence-electron chi connectivity index (χ1n) is 5.89. The fourth-order valence-electron chi connectivity index (χ4n) is 2.49. The highest BCUT2D eigenvalue weighted by Crippen LogP contribution is 2.29. The predicted molar refractivity (Wildman–Crippen MR) is 58.2 cm³/mol. The summed E-state index contributed by atoms with van der Waals surface area (Å²) >= 11 is 0. The van der Waals surface area contributed by atoms with Crippen LogP contribution in [0.5, 0.6) is 0 Å². The summed E-state index contributed by atoms with van der Waals surface area (Å²) in [5.41, 5.74) is 0. The first-order valence-corrected chi connectivity index (χ1v) is 5.89. The third-order valence-corrected chi connectivity index (χ3v) is 3.57. The van der Waals surface area contributed by atoms with Gasteiger partial charge in [0.1, 0.15) is 0 Å². The number of urea groups is 1. The Bertz CT molecular complexity index is 331. The number of aliphatic carboxylic acids is 1. The van der Waals surface area contributed by atoms with Gasteiger partial charge in [0.25, 0.3) is 0 Å². The maximum atomic E-state index is 11.4. The highest BCUT2D eigenvalue weighted by Gasteiger charge is 2.33. The Morgan fingerprint density at radius 1 is 1.29 bits per heavy atom. The highest BCUT2D eigenvalue weighted by molar-refractivity contribution is 6.01. The molecule has 0 radical (unpaired) electrons. The SMILES string of the molecule is O=C(O)C1CCC(CN2C(=O)CNC2=O)CC1. The molecule has 2 aliphatic rings. The van der Waals surface area contributed by atoms with E-state index in [2.05, 4.69) is 5.32 Å². The summed E-state index contributed by atoms with van der Waals surface area (Å²) in [6.07, 6.45) is 2.83. The summed E-state index contributed by atoms with van der Waals surface area (Å²) in [7, 11) is 0. The monoisotopic (exact) mass is 240 g/mol. The Labute approximate surface area is 99.0 Å². The topological polar surface area (TPSA) is 86.7 Å². The summed E-state index contributed by atoms with van der Waals surface area (Å²) in [5, 5.41) is 11.3. The van der Waals surface area contributed by atoms with Crippen molar-refractivity contribution in [2.24, 2.45) is 11.8 Å². The quantitative estimate of drug-likeness (QED) is 0.700. The van der Waals surface area contributed by atoms with Crippen molar-refractivity contribution in [3.8, 4) is 0 Å². The summed E-state index contributed by atoms with van der Waals surface area (Å²) in [5.74, 6) is -0.929. The van der Waals surface area contributed by atoms with Crippen molar-refractivity contribution in [1.29, 1.82) is 0 Å². The molecule has 1 aliphatic carbocycles. The Kier molecular flexibility index (Phi) is 3.31. The lowest BCUT2D eigenvalue weighted by atomic mass is 9.82. The fourth-order valence-corrected chi connectivity index (χ4v) is 2.49. The van der Waals surface area contributed by atoms with E-state index in [4.69, 9.17) is 5.11 Å². The zero-order valence-corrected chi connectivity index (χ0v) is 9.52. The molecule has 0 spiro atoms. The van der Waals surface area contributed by atoms with E-state index in [0.717, 1.165) is 12.8 Å². The standard InChI is InChI=1S/C11H16N2O4/c14-9-5-12-11(17)13(9)6-7-1-3-8(4-2-7)10(15)16/h7-8H,1-6H2,(H,12,17)(H,15,16). The van der Waals surface area contributed by atoms with Gasteiger partial charge >= 0.3 is 12.0 Å². The summed E-state index contributed by atoms with van der Waals surface area (Å²) in [6.45, 7) is 0.514. The molecule has 94 valence electrons. The first kappa shape index (κ1) is 11.9. The molecule has 6 heteroatoms. The van der Waals surface area contributed by atoms with Crippen LogP contribution < -0.4 is 5.32 Å². The lowest BCUT2D eigenvalue weighted by molar-refractivity contribution is -0.143. The molecule has 0 unspecified atom stereocenters. The van der Waals surface area contributed by atoms with Gasteiger partial charge in [-0.2, -0.15) is 0 Å². The molecule has 3 amide bonds. The van der Waals surface area contributed by atoms with Gasteiger partial charge in [-0.05, 0) is 31.6 Å². The van der Waals surface area contributed by atoms with Crippen LogP contribution >= 0.6 is 0 Å². The van der Waals surface area contributed by atoms with Gasteiger partial charge in [-0.15, -0.1) is 0 Å². The fraction of sp³-hybridized carbons (Fsp3) is 0.727. The largest absolute Gasteiger partial charge is 0.481 e. The molecule has 2 fully saturated rings. The number of nitrogens with one attached hydrogen (secondary N) is 1. The van der Waals surface area contributed by atoms with Crippen LogP contribution in [-0.2, 0) is 9.59 Å². The molecular weight excluding hydrogens is 224 g/mol. The molecule has 1 saturated heterocycles. The minimum Gasteiger partial charge on any atom is -0.481 e. The van der Waals surface area contributed by atoms with Gasteiger partial charge in [-0.3, -0.25) is 14.5 Å². The lowest BCUT2D eigenvalue weighted by Crippen LogP contribution is -2.37. The zero-order valence-electron chi connectivity index (χ0n) is 9.52. The van der Waals surface area contributed by atoms with Crippen LogP contribution in [0.1, 0.15) is 25.7 Å². The summed E-state index contributed by atoms with van der Waals surface area (Å²) < 4.78 is 0. The molecule has 2 N–H and O–H groups in total. The molecule has 6 nitrogen and oxygen atoms in total. The van der Waals surface area contributed by atoms with E-state index in [9.17, 15) is 14.4 Å². The number of hydrogen-bond donors (Lipinski definition) is 2. The molecule has 17 heavy (non-hydrogen) atoms. The van der Waals surface area contributed by atoms with Crippen molar-refractivity contribution in [3.05, 3.63) is 0 Å². The Balaban J connectivity index is 1.84. The molecule has 0 atom stereocenters. The maximum Gasteiger partial charge on any atom is 0.324 e. The number of carbonyl (C=O) groups excluding carboxylic acids is 2. The third kappa shape index (κ3) is 2.57. The number of carbonyl (C=O) groups is 3. The molecule has 1 heterocycles. The van der Waals surface area contributed by atoms with Crippen molar-refractivity contribution in [2.45, 2.75) is 25.7 Å². The number of carboxylic acids is 1. The predicted octanol–water partition coefficient (Wildman–Crippen LogP) is 0.429. The van der Waals surface area contributed by atoms with Crippen LogP contribution in [0.4, 0.5) is 4.79 Å². The molecule has 0 aromatic heterocycles. The molecule has 2 rings (SSSR count). The summed E-state index contributed by atoms with van der Waals surface area (Å²) in [6, 6.07) is -0.324. The molecule has 0 aromatic carbocycles. The number of carboxylic acid groups (broad SMARTS) is 1. The normalized spacial score (nSPS) is 29.3. The lowest BCUT2D eigenvalue weighted by Gasteiger charge is -2.28. The molecular formula is C11H16N2O4. The van der Waals surface area contributed by atoms with Crippen LogP contribution in [0, 0.1) is 11.8 Å². The van der Waals surface area contributed by atoms with Crippen LogP contribution in [0.2, 0.25) is 0 Å². The van der Waals surface area contributed by atoms with Crippen molar-refractivity contribution < 1.29 is 19.5 Å². The molecule has 1 aliphatic heterocycles. The first-order chi connectivity index (χ1) is 8.08. The van der Waals surface area contributed by atoms with Crippen LogP contribution in [0.25, 0.3) is 0 Å². The van der Waals surface area contributed by atoms with Gasteiger partial charge in [0, 0.05) is 6.54 Å². The minimum absolute atomic E-state index is 0.0866. The Hall–Kier alpha value is -1.59. The third-order valence-electron chi connectivity index (χ3n) is 3.57. The average molecular weight is 240 g/mol. The minimum atomic E-state index is -0.738. The zero-order chi connectivity index (χ0) is 12.4. The Morgan fingerprint density at radius 3 is 2.41 bits per heavy atom. The van der Waals surface area contributed by atoms with Crippen LogP contribution in [-0.4, -0.2) is 41.0 Å². The van der Waals surface area contributed by atoms with Crippen molar-refractivity contribution in [3.63, 3.8) is 0 Å². The second kappa shape index (κ2) is 4.73. The average Bonchev–Trinajstić information content (AvgIpc) is 2.61. The van der Waals surface area contributed by atoms with E-state index in [1.807, 2.05) is 0 Å². The van der Waals surface area contributed by atoms with Gasteiger partial charge in [0.15, 0.2) is 0 Å². The number of imide groups is 1. The van der Waals surface area contributed by atoms with E-state index in [0.29, 0.717) is 19.4 Å². The Morgan fingerprint density at radius 2 is 1.94 bits per heavy atom. The molecule has 0 bridgehead atoms. The van der Waals surface area contributed by atoms with Crippen molar-refractivity contribution >= 4 is 17.9 Å². The van der Waals surface area contributed by atoms with E-state index >= 15 is 0 Å². The van der Waals surface area contributed by atoms with E-state index in [-0.39, 0.29) is 30.3 Å².